The van der Waals surface area contributed by atoms with Gasteiger partial charge < -0.3 is 4.90 Å². The number of hydrogen-bond donors (Lipinski definition) is 1. The first-order valence-electron chi connectivity index (χ1n) is 4.85. The minimum Gasteiger partial charge on any atom is -0.321 e. The monoisotopic (exact) mass is 199 g/mol. The van der Waals surface area contributed by atoms with Crippen molar-refractivity contribution in [3.8, 4) is 0 Å². The molecule has 3 nitrogen and oxygen atoms in total. The molecule has 0 fully saturated rings. The van der Waals surface area contributed by atoms with E-state index in [0.29, 0.717) is 0 Å². The lowest BCUT2D eigenvalue weighted by Crippen LogP contribution is -2.16. The number of para-hydroxylation sites is 1. The number of H-pyrrole nitrogens is 1. The molecule has 3 heteroatoms. The average Bonchev–Trinajstić information content (AvgIpc) is 2.80. The Balaban J connectivity index is 2.32. The number of aromatic amines is 1. The van der Waals surface area contributed by atoms with Crippen LogP contribution in [-0.4, -0.2) is 16.7 Å². The third kappa shape index (κ3) is 2.07. The van der Waals surface area contributed by atoms with Crippen LogP contribution in [0, 0.1) is 0 Å². The van der Waals surface area contributed by atoms with E-state index >= 15 is 0 Å². The van der Waals surface area contributed by atoms with Gasteiger partial charge in [0.2, 0.25) is 0 Å². The highest BCUT2D eigenvalue weighted by molar-refractivity contribution is 5.59. The number of nitrogens with one attached hydrogen (secondary N) is 1. The first-order valence-corrected chi connectivity index (χ1v) is 4.85. The normalized spacial score (nSPS) is 9.87. The first-order chi connectivity index (χ1) is 7.42. The Morgan fingerprint density at radius 2 is 2.07 bits per heavy atom. The Morgan fingerprint density at radius 1 is 1.27 bits per heavy atom. The maximum absolute atomic E-state index is 4.16. The Labute approximate surface area is 89.1 Å². The van der Waals surface area contributed by atoms with Gasteiger partial charge in [-0.2, -0.15) is 5.10 Å². The average molecular weight is 199 g/mol. The third-order valence-corrected chi connectivity index (χ3v) is 2.14. The van der Waals surface area contributed by atoms with E-state index in [4.69, 9.17) is 0 Å². The molecule has 0 saturated carbocycles. The maximum Gasteiger partial charge on any atom is 0.155 e. The number of anilines is 2. The predicted molar refractivity (Wildman–Crippen MR) is 62.2 cm³/mol. The fourth-order valence-electron chi connectivity index (χ4n) is 1.47. The van der Waals surface area contributed by atoms with Gasteiger partial charge in [-0.1, -0.05) is 24.3 Å². The number of nitrogens with zero attached hydrogens (tertiary/aromatic N) is 2. The van der Waals surface area contributed by atoms with Gasteiger partial charge in [0.1, 0.15) is 0 Å². The van der Waals surface area contributed by atoms with Gasteiger partial charge in [0.05, 0.1) is 0 Å². The van der Waals surface area contributed by atoms with E-state index in [1.807, 2.05) is 36.5 Å². The fraction of sp³-hybridized carbons (Fsp3) is 0.0833. The molecule has 0 amide bonds. The smallest absolute Gasteiger partial charge is 0.155 e. The van der Waals surface area contributed by atoms with Crippen molar-refractivity contribution in [1.82, 2.24) is 10.2 Å². The number of aromatic nitrogens is 2. The van der Waals surface area contributed by atoms with E-state index < -0.39 is 0 Å². The van der Waals surface area contributed by atoms with E-state index in [-0.39, 0.29) is 0 Å². The van der Waals surface area contributed by atoms with E-state index in [1.54, 1.807) is 0 Å². The van der Waals surface area contributed by atoms with Gasteiger partial charge in [-0.25, -0.2) is 0 Å². The summed E-state index contributed by atoms with van der Waals surface area (Å²) >= 11 is 0. The topological polar surface area (TPSA) is 31.9 Å². The van der Waals surface area contributed by atoms with Gasteiger partial charge in [-0.15, -0.1) is 6.58 Å². The van der Waals surface area contributed by atoms with Crippen molar-refractivity contribution in [3.05, 3.63) is 55.3 Å². The fourth-order valence-corrected chi connectivity index (χ4v) is 1.47. The molecule has 1 N–H and O–H groups in total. The summed E-state index contributed by atoms with van der Waals surface area (Å²) in [7, 11) is 0. The summed E-state index contributed by atoms with van der Waals surface area (Å²) in [5.74, 6) is 0.904. The highest BCUT2D eigenvalue weighted by Gasteiger charge is 2.07. The summed E-state index contributed by atoms with van der Waals surface area (Å²) in [6.45, 7) is 4.50. The second kappa shape index (κ2) is 4.46. The van der Waals surface area contributed by atoms with Gasteiger partial charge in [-0.05, 0) is 12.1 Å². The van der Waals surface area contributed by atoms with E-state index in [0.717, 1.165) is 18.1 Å². The highest BCUT2D eigenvalue weighted by atomic mass is 15.3. The molecule has 0 bridgehead atoms. The number of benzene rings is 1. The summed E-state index contributed by atoms with van der Waals surface area (Å²) in [5, 5.41) is 6.98. The maximum atomic E-state index is 4.16. The van der Waals surface area contributed by atoms with Crippen LogP contribution in [0.2, 0.25) is 0 Å². The van der Waals surface area contributed by atoms with Gasteiger partial charge in [0.25, 0.3) is 0 Å². The zero-order chi connectivity index (χ0) is 10.5. The number of rotatable bonds is 4. The van der Waals surface area contributed by atoms with Crippen LogP contribution in [0.5, 0.6) is 0 Å². The van der Waals surface area contributed by atoms with Gasteiger partial charge in [0, 0.05) is 24.5 Å². The lowest BCUT2D eigenvalue weighted by molar-refractivity contribution is 1.00. The van der Waals surface area contributed by atoms with Crippen LogP contribution in [0.3, 0.4) is 0 Å². The molecule has 0 unspecified atom stereocenters. The molecule has 0 aliphatic heterocycles. The van der Waals surface area contributed by atoms with Crippen LogP contribution in [-0.2, 0) is 0 Å². The SMILES string of the molecule is C=CCN(c1ccccc1)c1cc[nH]n1. The Kier molecular flexibility index (Phi) is 2.83. The molecule has 2 rings (SSSR count). The van der Waals surface area contributed by atoms with Crippen LogP contribution in [0.1, 0.15) is 0 Å². The summed E-state index contributed by atoms with van der Waals surface area (Å²) in [5.41, 5.74) is 1.12. The molecule has 15 heavy (non-hydrogen) atoms. The summed E-state index contributed by atoms with van der Waals surface area (Å²) in [6.07, 6.45) is 3.68. The highest BCUT2D eigenvalue weighted by Crippen LogP contribution is 2.21. The van der Waals surface area contributed by atoms with Crippen molar-refractivity contribution in [2.24, 2.45) is 0 Å². The van der Waals surface area contributed by atoms with Gasteiger partial charge >= 0.3 is 0 Å². The molecule has 2 aromatic rings. The van der Waals surface area contributed by atoms with Crippen LogP contribution in [0.15, 0.2) is 55.3 Å². The molecule has 0 atom stereocenters. The Morgan fingerprint density at radius 3 is 2.67 bits per heavy atom. The molecule has 76 valence electrons. The van der Waals surface area contributed by atoms with Gasteiger partial charge in [-0.3, -0.25) is 5.10 Å². The molecule has 1 aromatic heterocycles. The molecule has 0 spiro atoms. The summed E-state index contributed by atoms with van der Waals surface area (Å²) < 4.78 is 0. The van der Waals surface area contributed by atoms with E-state index in [1.165, 1.54) is 0 Å². The van der Waals surface area contributed by atoms with E-state index in [9.17, 15) is 0 Å². The first kappa shape index (κ1) is 9.52. The van der Waals surface area contributed by atoms with Crippen LogP contribution in [0.25, 0.3) is 0 Å². The quantitative estimate of drug-likeness (QED) is 0.768. The molecule has 1 heterocycles. The van der Waals surface area contributed by atoms with Crippen molar-refractivity contribution in [1.29, 1.82) is 0 Å². The second-order valence-corrected chi connectivity index (χ2v) is 3.17. The summed E-state index contributed by atoms with van der Waals surface area (Å²) in [4.78, 5) is 2.09. The molecular weight excluding hydrogens is 186 g/mol. The van der Waals surface area contributed by atoms with Crippen molar-refractivity contribution in [3.63, 3.8) is 0 Å². The minimum absolute atomic E-state index is 0.745. The summed E-state index contributed by atoms with van der Waals surface area (Å²) in [6, 6.07) is 12.1. The lowest BCUT2D eigenvalue weighted by atomic mass is 10.3. The Hall–Kier alpha value is -2.03. The van der Waals surface area contributed by atoms with Crippen molar-refractivity contribution >= 4 is 11.5 Å². The van der Waals surface area contributed by atoms with Crippen LogP contribution >= 0.6 is 0 Å². The van der Waals surface area contributed by atoms with Crippen LogP contribution in [0.4, 0.5) is 11.5 Å². The zero-order valence-electron chi connectivity index (χ0n) is 8.43. The van der Waals surface area contributed by atoms with Crippen molar-refractivity contribution in [2.45, 2.75) is 0 Å². The Bertz CT molecular complexity index is 406. The molecular formula is C12H13N3. The zero-order valence-corrected chi connectivity index (χ0v) is 8.43. The van der Waals surface area contributed by atoms with Crippen molar-refractivity contribution < 1.29 is 0 Å². The molecule has 1 aromatic carbocycles. The second-order valence-electron chi connectivity index (χ2n) is 3.17. The number of hydrogen-bond acceptors (Lipinski definition) is 2. The lowest BCUT2D eigenvalue weighted by Gasteiger charge is -2.20. The van der Waals surface area contributed by atoms with Gasteiger partial charge in [0.15, 0.2) is 5.82 Å². The minimum atomic E-state index is 0.745. The van der Waals surface area contributed by atoms with E-state index in [2.05, 4.69) is 33.8 Å². The molecule has 0 saturated heterocycles. The molecule has 0 aliphatic rings. The standard InChI is InChI=1S/C12H13N3/c1-2-10-15(12-8-9-13-14-12)11-6-4-3-5-7-11/h2-9H,1,10H2,(H,13,14). The predicted octanol–water partition coefficient (Wildman–Crippen LogP) is 2.73. The molecule has 0 aliphatic carbocycles. The van der Waals surface area contributed by atoms with Crippen LogP contribution < -0.4 is 4.90 Å². The third-order valence-electron chi connectivity index (χ3n) is 2.14. The largest absolute Gasteiger partial charge is 0.321 e. The molecule has 0 radical (unpaired) electrons. The van der Waals surface area contributed by atoms with Crippen molar-refractivity contribution in [2.75, 3.05) is 11.4 Å².